The Morgan fingerprint density at radius 2 is 2.27 bits per heavy atom. The molecule has 1 fully saturated rings. The molecule has 7 nitrogen and oxygen atoms in total. The minimum atomic E-state index is -0.0574. The van der Waals surface area contributed by atoms with Crippen molar-refractivity contribution < 1.29 is 4.79 Å². The Bertz CT molecular complexity index is 927. The molecule has 3 aromatic heterocycles. The van der Waals surface area contributed by atoms with Gasteiger partial charge in [0.05, 0.1) is 24.1 Å². The highest BCUT2D eigenvalue weighted by Crippen LogP contribution is 2.24. The summed E-state index contributed by atoms with van der Waals surface area (Å²) in [5.74, 6) is 0.0996. The summed E-state index contributed by atoms with van der Waals surface area (Å²) < 4.78 is 3.99. The average Bonchev–Trinajstić information content (AvgIpc) is 3.27. The molecule has 2 N–H and O–H groups in total. The van der Waals surface area contributed by atoms with Gasteiger partial charge in [0.1, 0.15) is 5.65 Å². The summed E-state index contributed by atoms with van der Waals surface area (Å²) >= 11 is 0. The van der Waals surface area contributed by atoms with Crippen molar-refractivity contribution in [3.63, 3.8) is 0 Å². The zero-order chi connectivity index (χ0) is 18.1. The lowest BCUT2D eigenvalue weighted by atomic mass is 9.93. The highest BCUT2D eigenvalue weighted by atomic mass is 16.1. The van der Waals surface area contributed by atoms with E-state index in [1.54, 1.807) is 0 Å². The number of pyridine rings is 1. The summed E-state index contributed by atoms with van der Waals surface area (Å²) in [4.78, 5) is 16.4. The van der Waals surface area contributed by atoms with E-state index < -0.39 is 0 Å². The molecule has 0 saturated carbocycles. The molecule has 1 amide bonds. The van der Waals surface area contributed by atoms with Crippen LogP contribution in [0.2, 0.25) is 0 Å². The largest absolute Gasteiger partial charge is 0.348 e. The third kappa shape index (κ3) is 3.22. The lowest BCUT2D eigenvalue weighted by Gasteiger charge is -2.32. The zero-order valence-corrected chi connectivity index (χ0v) is 15.1. The molecule has 0 spiro atoms. The second-order valence-electron chi connectivity index (χ2n) is 6.88. The van der Waals surface area contributed by atoms with Crippen molar-refractivity contribution in [2.45, 2.75) is 51.9 Å². The molecule has 0 bridgehead atoms. The predicted molar refractivity (Wildman–Crippen MR) is 98.6 cm³/mol. The first-order valence-corrected chi connectivity index (χ1v) is 9.11. The van der Waals surface area contributed by atoms with Crippen molar-refractivity contribution >= 4 is 11.6 Å². The maximum Gasteiger partial charge on any atom is 0.220 e. The number of imidazole rings is 1. The molecule has 1 saturated heterocycles. The molecule has 7 heteroatoms. The van der Waals surface area contributed by atoms with E-state index in [4.69, 9.17) is 0 Å². The molecule has 2 atom stereocenters. The van der Waals surface area contributed by atoms with Gasteiger partial charge in [0.2, 0.25) is 5.91 Å². The summed E-state index contributed by atoms with van der Waals surface area (Å²) in [5, 5.41) is 11.1. The summed E-state index contributed by atoms with van der Waals surface area (Å²) in [6, 6.07) is 4.27. The van der Waals surface area contributed by atoms with Crippen LogP contribution in [0.3, 0.4) is 0 Å². The Morgan fingerprint density at radius 3 is 3.08 bits per heavy atom. The molecule has 136 valence electrons. The van der Waals surface area contributed by atoms with Gasteiger partial charge in [0.15, 0.2) is 0 Å². The van der Waals surface area contributed by atoms with Crippen LogP contribution in [0.25, 0.3) is 5.65 Å². The van der Waals surface area contributed by atoms with Gasteiger partial charge in [0, 0.05) is 43.5 Å². The van der Waals surface area contributed by atoms with Crippen LogP contribution >= 0.6 is 0 Å². The molecule has 1 aliphatic rings. The van der Waals surface area contributed by atoms with Crippen LogP contribution in [0.5, 0.6) is 0 Å². The number of carbonyl (C=O) groups is 1. The number of amides is 1. The van der Waals surface area contributed by atoms with Crippen LogP contribution in [0.1, 0.15) is 42.6 Å². The smallest absolute Gasteiger partial charge is 0.220 e. The Balaban J connectivity index is 1.52. The standard InChI is InChI=1S/C19H24N6O/c1-3-24-12-14(9-22-24)19-16(4-5-18(26)23-19)20-10-15-11-21-17-8-13(2)6-7-25(15)17/h6-9,11-12,16,19-20H,3-5,10H2,1-2H3,(H,23,26)/t16-,19+/m1/s1. The van der Waals surface area contributed by atoms with E-state index in [2.05, 4.69) is 57.3 Å². The van der Waals surface area contributed by atoms with Crippen LogP contribution in [-0.2, 0) is 17.9 Å². The van der Waals surface area contributed by atoms with E-state index in [-0.39, 0.29) is 18.0 Å². The molecular formula is C19H24N6O. The SMILES string of the molecule is CCn1cc([C@@H]2NC(=O)CC[C@H]2NCc2cnc3cc(C)ccn23)cn1. The van der Waals surface area contributed by atoms with Crippen molar-refractivity contribution in [2.24, 2.45) is 0 Å². The number of carbonyl (C=O) groups excluding carboxylic acids is 1. The lowest BCUT2D eigenvalue weighted by Crippen LogP contribution is -2.48. The minimum absolute atomic E-state index is 0.0574. The van der Waals surface area contributed by atoms with E-state index in [1.165, 1.54) is 5.56 Å². The maximum absolute atomic E-state index is 11.9. The number of aromatic nitrogens is 4. The monoisotopic (exact) mass is 352 g/mol. The number of rotatable bonds is 5. The maximum atomic E-state index is 11.9. The van der Waals surface area contributed by atoms with Crippen LogP contribution in [0, 0.1) is 6.92 Å². The fourth-order valence-corrected chi connectivity index (χ4v) is 3.55. The molecule has 26 heavy (non-hydrogen) atoms. The van der Waals surface area contributed by atoms with Gasteiger partial charge in [0.25, 0.3) is 0 Å². The minimum Gasteiger partial charge on any atom is -0.348 e. The summed E-state index contributed by atoms with van der Waals surface area (Å²) in [5.41, 5.74) is 4.32. The van der Waals surface area contributed by atoms with Crippen molar-refractivity contribution in [1.29, 1.82) is 0 Å². The van der Waals surface area contributed by atoms with E-state index in [0.29, 0.717) is 13.0 Å². The molecule has 0 unspecified atom stereocenters. The number of nitrogens with one attached hydrogen (secondary N) is 2. The molecular weight excluding hydrogens is 328 g/mol. The molecule has 0 aromatic carbocycles. The zero-order valence-electron chi connectivity index (χ0n) is 15.1. The number of hydrogen-bond donors (Lipinski definition) is 2. The predicted octanol–water partition coefficient (Wildman–Crippen LogP) is 1.97. The lowest BCUT2D eigenvalue weighted by molar-refractivity contribution is -0.123. The number of fused-ring (bicyclic) bond motifs is 1. The van der Waals surface area contributed by atoms with Crippen LogP contribution in [0.4, 0.5) is 0 Å². The topological polar surface area (TPSA) is 76.2 Å². The Labute approximate surface area is 152 Å². The van der Waals surface area contributed by atoms with Gasteiger partial charge in [-0.1, -0.05) is 0 Å². The van der Waals surface area contributed by atoms with E-state index in [9.17, 15) is 4.79 Å². The third-order valence-electron chi connectivity index (χ3n) is 5.03. The van der Waals surface area contributed by atoms with Gasteiger partial charge < -0.3 is 15.0 Å². The van der Waals surface area contributed by atoms with Crippen molar-refractivity contribution in [3.8, 4) is 0 Å². The second-order valence-corrected chi connectivity index (χ2v) is 6.88. The molecule has 4 heterocycles. The highest BCUT2D eigenvalue weighted by molar-refractivity contribution is 5.77. The summed E-state index contributed by atoms with van der Waals surface area (Å²) in [7, 11) is 0. The van der Waals surface area contributed by atoms with Crippen LogP contribution < -0.4 is 10.6 Å². The highest BCUT2D eigenvalue weighted by Gasteiger charge is 2.30. The van der Waals surface area contributed by atoms with Crippen molar-refractivity contribution in [2.75, 3.05) is 0 Å². The molecule has 4 rings (SSSR count). The van der Waals surface area contributed by atoms with Crippen LogP contribution in [0.15, 0.2) is 36.9 Å². The van der Waals surface area contributed by atoms with Gasteiger partial charge in [-0.2, -0.15) is 5.10 Å². The Kier molecular flexibility index (Phi) is 4.46. The quantitative estimate of drug-likeness (QED) is 0.736. The van der Waals surface area contributed by atoms with E-state index >= 15 is 0 Å². The Hall–Kier alpha value is -2.67. The average molecular weight is 352 g/mol. The van der Waals surface area contributed by atoms with Gasteiger partial charge in [-0.15, -0.1) is 0 Å². The van der Waals surface area contributed by atoms with Gasteiger partial charge >= 0.3 is 0 Å². The number of nitrogens with zero attached hydrogens (tertiary/aromatic N) is 4. The third-order valence-corrected chi connectivity index (χ3v) is 5.03. The van der Waals surface area contributed by atoms with Crippen molar-refractivity contribution in [1.82, 2.24) is 29.8 Å². The van der Waals surface area contributed by atoms with Gasteiger partial charge in [-0.05, 0) is 38.0 Å². The first-order chi connectivity index (χ1) is 12.6. The number of hydrogen-bond acceptors (Lipinski definition) is 4. The van der Waals surface area contributed by atoms with Gasteiger partial charge in [-0.3, -0.25) is 9.48 Å². The van der Waals surface area contributed by atoms with Gasteiger partial charge in [-0.25, -0.2) is 4.98 Å². The molecule has 0 aliphatic carbocycles. The van der Waals surface area contributed by atoms with E-state index in [0.717, 1.165) is 29.9 Å². The first-order valence-electron chi connectivity index (χ1n) is 9.11. The first kappa shape index (κ1) is 16.8. The number of piperidine rings is 1. The molecule has 1 aliphatic heterocycles. The second kappa shape index (κ2) is 6.92. The van der Waals surface area contributed by atoms with E-state index in [1.807, 2.05) is 23.3 Å². The van der Waals surface area contributed by atoms with Crippen LogP contribution in [-0.4, -0.2) is 31.1 Å². The molecule has 3 aromatic rings. The fraction of sp³-hybridized carbons (Fsp3) is 0.421. The fourth-order valence-electron chi connectivity index (χ4n) is 3.55. The number of aryl methyl sites for hydroxylation is 2. The summed E-state index contributed by atoms with van der Waals surface area (Å²) in [6.07, 6.45) is 9.19. The normalized spacial score (nSPS) is 20.5. The van der Waals surface area contributed by atoms with Crippen molar-refractivity contribution in [3.05, 3.63) is 53.7 Å². The molecule has 0 radical (unpaired) electrons. The summed E-state index contributed by atoms with van der Waals surface area (Å²) in [6.45, 7) is 5.64. The Morgan fingerprint density at radius 1 is 1.38 bits per heavy atom.